The molecule has 0 aromatic heterocycles. The number of carboxylic acid groups (broad SMARTS) is 1. The molecule has 4 aromatic rings. The molecule has 7 nitrogen and oxygen atoms in total. The number of amides is 2. The van der Waals surface area contributed by atoms with Crippen LogP contribution in [-0.4, -0.2) is 35.5 Å². The van der Waals surface area contributed by atoms with Crippen LogP contribution in [0.1, 0.15) is 27.9 Å². The van der Waals surface area contributed by atoms with E-state index in [0.717, 1.165) is 28.8 Å². The second-order valence-corrected chi connectivity index (χ2v) is 10.6. The summed E-state index contributed by atoms with van der Waals surface area (Å²) in [6, 6.07) is 22.1. The van der Waals surface area contributed by atoms with Crippen molar-refractivity contribution in [3.8, 4) is 11.1 Å². The molecular formula is C32H26Cl2F3N3O4. The van der Waals surface area contributed by atoms with Gasteiger partial charge >= 0.3 is 12.1 Å². The van der Waals surface area contributed by atoms with E-state index in [1.807, 2.05) is 24.3 Å². The Morgan fingerprint density at radius 1 is 0.818 bits per heavy atom. The Bertz CT molecular complexity index is 1630. The van der Waals surface area contributed by atoms with E-state index in [0.29, 0.717) is 21.3 Å². The predicted octanol–water partition coefficient (Wildman–Crippen LogP) is 7.55. The number of benzene rings is 4. The molecule has 0 aliphatic heterocycles. The molecule has 0 fully saturated rings. The molecule has 4 N–H and O–H groups in total. The largest absolute Gasteiger partial charge is 0.481 e. The highest BCUT2D eigenvalue weighted by Crippen LogP contribution is 2.31. The Balaban J connectivity index is 1.52. The van der Waals surface area contributed by atoms with Crippen LogP contribution in [0, 0.1) is 0 Å². The van der Waals surface area contributed by atoms with E-state index in [-0.39, 0.29) is 25.1 Å². The molecule has 0 heterocycles. The molecule has 1 atom stereocenters. The Morgan fingerprint density at radius 3 is 2.05 bits per heavy atom. The maximum atomic E-state index is 13.4. The van der Waals surface area contributed by atoms with Crippen molar-refractivity contribution in [2.75, 3.05) is 17.2 Å². The zero-order chi connectivity index (χ0) is 31.9. The van der Waals surface area contributed by atoms with Gasteiger partial charge in [-0.25, -0.2) is 0 Å². The minimum absolute atomic E-state index is 0.0244. The molecule has 44 heavy (non-hydrogen) atoms. The van der Waals surface area contributed by atoms with E-state index < -0.39 is 35.6 Å². The SMILES string of the molecule is O=C(O)CCNC(=O)c1ccc(N[C@H](Cc2ccc(-c3ccc(Cl)cc3Cl)cc2)C(=O)Nc2ccc(C(F)(F)F)cc2)cc1. The highest BCUT2D eigenvalue weighted by molar-refractivity contribution is 6.36. The molecule has 0 aliphatic rings. The molecule has 4 rings (SSSR count). The summed E-state index contributed by atoms with van der Waals surface area (Å²) in [5, 5.41) is 18.0. The number of aliphatic carboxylic acids is 1. The van der Waals surface area contributed by atoms with Gasteiger partial charge in [0.2, 0.25) is 5.91 Å². The van der Waals surface area contributed by atoms with E-state index in [1.165, 1.54) is 24.3 Å². The molecule has 0 saturated heterocycles. The summed E-state index contributed by atoms with van der Waals surface area (Å²) in [4.78, 5) is 36.4. The Morgan fingerprint density at radius 2 is 1.45 bits per heavy atom. The van der Waals surface area contributed by atoms with Crippen molar-refractivity contribution >= 4 is 52.4 Å². The first-order valence-electron chi connectivity index (χ1n) is 13.3. The standard InChI is InChI=1S/C32H26Cl2F3N3O4/c33-23-9-14-26(27(34)18-23)20-3-1-19(2-4-20)17-28(31(44)40-25-12-7-22(8-13-25)32(35,36)37)39-24-10-5-21(6-11-24)30(43)38-16-15-29(41)42/h1-14,18,28,39H,15-17H2,(H,38,43)(H,40,44)(H,41,42)/t28-/m1/s1. The van der Waals surface area contributed by atoms with Gasteiger partial charge in [-0.15, -0.1) is 0 Å². The molecule has 0 saturated carbocycles. The van der Waals surface area contributed by atoms with Gasteiger partial charge in [0.15, 0.2) is 0 Å². The highest BCUT2D eigenvalue weighted by Gasteiger charge is 2.30. The van der Waals surface area contributed by atoms with E-state index in [4.69, 9.17) is 28.3 Å². The van der Waals surface area contributed by atoms with Crippen LogP contribution >= 0.6 is 23.2 Å². The van der Waals surface area contributed by atoms with Gasteiger partial charge in [-0.1, -0.05) is 53.5 Å². The average Bonchev–Trinajstić information content (AvgIpc) is 2.97. The van der Waals surface area contributed by atoms with Crippen molar-refractivity contribution in [2.24, 2.45) is 0 Å². The zero-order valence-corrected chi connectivity index (χ0v) is 24.4. The minimum Gasteiger partial charge on any atom is -0.481 e. The third kappa shape index (κ3) is 8.98. The molecule has 0 bridgehead atoms. The normalized spacial score (nSPS) is 11.8. The maximum Gasteiger partial charge on any atom is 0.416 e. The van der Waals surface area contributed by atoms with Gasteiger partial charge in [-0.2, -0.15) is 13.2 Å². The smallest absolute Gasteiger partial charge is 0.416 e. The minimum atomic E-state index is -4.51. The van der Waals surface area contributed by atoms with E-state index in [2.05, 4.69) is 16.0 Å². The quantitative estimate of drug-likeness (QED) is 0.135. The molecule has 12 heteroatoms. The predicted molar refractivity (Wildman–Crippen MR) is 164 cm³/mol. The molecule has 4 aromatic carbocycles. The topological polar surface area (TPSA) is 108 Å². The van der Waals surface area contributed by atoms with Crippen LogP contribution in [0.4, 0.5) is 24.5 Å². The lowest BCUT2D eigenvalue weighted by Gasteiger charge is -2.20. The first-order valence-corrected chi connectivity index (χ1v) is 14.0. The van der Waals surface area contributed by atoms with Crippen LogP contribution in [0.2, 0.25) is 10.0 Å². The van der Waals surface area contributed by atoms with Crippen molar-refractivity contribution in [1.29, 1.82) is 0 Å². The van der Waals surface area contributed by atoms with Gasteiger partial charge in [0.1, 0.15) is 6.04 Å². The third-order valence-corrected chi connectivity index (χ3v) is 7.09. The fourth-order valence-electron chi connectivity index (χ4n) is 4.26. The molecule has 2 amide bonds. The van der Waals surface area contributed by atoms with Gasteiger partial charge in [-0.05, 0) is 71.8 Å². The first-order chi connectivity index (χ1) is 20.9. The second kappa shape index (κ2) is 14.3. The monoisotopic (exact) mass is 643 g/mol. The summed E-state index contributed by atoms with van der Waals surface area (Å²) >= 11 is 12.3. The summed E-state index contributed by atoms with van der Waals surface area (Å²) in [5.74, 6) is -1.98. The number of rotatable bonds is 11. The molecular weight excluding hydrogens is 618 g/mol. The lowest BCUT2D eigenvalue weighted by molar-refractivity contribution is -0.138. The number of halogens is 5. The molecule has 228 valence electrons. The highest BCUT2D eigenvalue weighted by atomic mass is 35.5. The first kappa shape index (κ1) is 32.4. The lowest BCUT2D eigenvalue weighted by atomic mass is 10.00. The summed E-state index contributed by atoms with van der Waals surface area (Å²) in [6.07, 6.45) is -4.51. The molecule has 0 radical (unpaired) electrons. The van der Waals surface area contributed by atoms with Crippen molar-refractivity contribution in [2.45, 2.75) is 25.1 Å². The van der Waals surface area contributed by atoms with Gasteiger partial charge in [-0.3, -0.25) is 14.4 Å². The van der Waals surface area contributed by atoms with Crippen molar-refractivity contribution in [1.82, 2.24) is 5.32 Å². The second-order valence-electron chi connectivity index (χ2n) is 9.76. The van der Waals surface area contributed by atoms with Crippen LogP contribution in [0.25, 0.3) is 11.1 Å². The number of hydrogen-bond acceptors (Lipinski definition) is 4. The van der Waals surface area contributed by atoms with Crippen LogP contribution in [0.3, 0.4) is 0 Å². The summed E-state index contributed by atoms with van der Waals surface area (Å²) < 4.78 is 39.0. The number of anilines is 2. The van der Waals surface area contributed by atoms with Gasteiger partial charge < -0.3 is 21.1 Å². The number of carboxylic acids is 1. The zero-order valence-electron chi connectivity index (χ0n) is 22.9. The van der Waals surface area contributed by atoms with Crippen LogP contribution in [-0.2, 0) is 22.2 Å². The molecule has 0 spiro atoms. The summed E-state index contributed by atoms with van der Waals surface area (Å²) in [7, 11) is 0. The van der Waals surface area contributed by atoms with Gasteiger partial charge in [0.05, 0.1) is 12.0 Å². The molecule has 0 aliphatic carbocycles. The fraction of sp³-hybridized carbons (Fsp3) is 0.156. The lowest BCUT2D eigenvalue weighted by Crippen LogP contribution is -2.36. The van der Waals surface area contributed by atoms with Gasteiger partial charge in [0, 0.05) is 45.5 Å². The van der Waals surface area contributed by atoms with Crippen molar-refractivity contribution in [3.63, 3.8) is 0 Å². The van der Waals surface area contributed by atoms with E-state index in [1.54, 1.807) is 30.3 Å². The molecule has 0 unspecified atom stereocenters. The van der Waals surface area contributed by atoms with E-state index >= 15 is 0 Å². The Kier molecular flexibility index (Phi) is 10.5. The van der Waals surface area contributed by atoms with Gasteiger partial charge in [0.25, 0.3) is 5.91 Å². The van der Waals surface area contributed by atoms with Crippen molar-refractivity contribution < 1.29 is 32.7 Å². The summed E-state index contributed by atoms with van der Waals surface area (Å²) in [6.45, 7) is -0.0244. The summed E-state index contributed by atoms with van der Waals surface area (Å²) in [5.41, 5.74) is 2.56. The Hall–Kier alpha value is -4.54. The number of nitrogens with one attached hydrogen (secondary N) is 3. The Labute approximate surface area is 261 Å². The maximum absolute atomic E-state index is 13.4. The number of carbonyl (C=O) groups is 3. The average molecular weight is 644 g/mol. The number of carbonyl (C=O) groups excluding carboxylic acids is 2. The third-order valence-electron chi connectivity index (χ3n) is 6.54. The van der Waals surface area contributed by atoms with Crippen LogP contribution < -0.4 is 16.0 Å². The van der Waals surface area contributed by atoms with Crippen LogP contribution in [0.5, 0.6) is 0 Å². The van der Waals surface area contributed by atoms with E-state index in [9.17, 15) is 27.6 Å². The number of hydrogen-bond donors (Lipinski definition) is 4. The fourth-order valence-corrected chi connectivity index (χ4v) is 4.78. The van der Waals surface area contributed by atoms with Crippen molar-refractivity contribution in [3.05, 3.63) is 118 Å². The van der Waals surface area contributed by atoms with Crippen LogP contribution in [0.15, 0.2) is 91.0 Å². The number of alkyl halides is 3.